The van der Waals surface area contributed by atoms with Gasteiger partial charge in [0.05, 0.1) is 5.56 Å². The Bertz CT molecular complexity index is 833. The zero-order valence-electron chi connectivity index (χ0n) is 14.3. The molecule has 0 spiro atoms. The van der Waals surface area contributed by atoms with E-state index in [0.717, 1.165) is 22.8 Å². The fraction of sp³-hybridized carbons (Fsp3) is 0.143. The number of carbonyl (C=O) groups is 1. The first-order chi connectivity index (χ1) is 12.7. The van der Waals surface area contributed by atoms with Crippen LogP contribution in [0, 0.1) is 0 Å². The van der Waals surface area contributed by atoms with Crippen LogP contribution in [0.3, 0.4) is 0 Å². The Balaban J connectivity index is 1.47. The topological polar surface area (TPSA) is 54.0 Å². The first kappa shape index (κ1) is 18.0. The van der Waals surface area contributed by atoms with Crippen molar-refractivity contribution < 1.29 is 4.79 Å². The lowest BCUT2D eigenvalue weighted by molar-refractivity contribution is 0.0954. The number of pyridine rings is 1. The number of nitrogens with zero attached hydrogens (tertiary/aromatic N) is 1. The van der Waals surface area contributed by atoms with Crippen LogP contribution in [0.15, 0.2) is 72.9 Å². The van der Waals surface area contributed by atoms with Crippen molar-refractivity contribution in [3.63, 3.8) is 0 Å². The number of hydrogen-bond donors (Lipinski definition) is 2. The van der Waals surface area contributed by atoms with Crippen molar-refractivity contribution in [1.82, 2.24) is 10.3 Å². The van der Waals surface area contributed by atoms with Crippen molar-refractivity contribution in [1.29, 1.82) is 0 Å². The molecule has 26 heavy (non-hydrogen) atoms. The summed E-state index contributed by atoms with van der Waals surface area (Å²) in [6.07, 6.45) is 2.39. The average molecular weight is 366 g/mol. The van der Waals surface area contributed by atoms with Gasteiger partial charge in [0, 0.05) is 24.3 Å². The van der Waals surface area contributed by atoms with Crippen molar-refractivity contribution in [3.8, 4) is 0 Å². The third-order valence-corrected chi connectivity index (χ3v) is 4.21. The SMILES string of the molecule is O=C(NCCc1ccccc1)c1ccc(NCc2ccc(Cl)cc2)nc1. The van der Waals surface area contributed by atoms with Gasteiger partial charge in [0.25, 0.3) is 5.91 Å². The van der Waals surface area contributed by atoms with Gasteiger partial charge in [0.1, 0.15) is 5.82 Å². The molecule has 2 N–H and O–H groups in total. The van der Waals surface area contributed by atoms with Crippen LogP contribution in [-0.2, 0) is 13.0 Å². The highest BCUT2D eigenvalue weighted by atomic mass is 35.5. The molecule has 0 unspecified atom stereocenters. The first-order valence-corrected chi connectivity index (χ1v) is 8.85. The number of amides is 1. The minimum Gasteiger partial charge on any atom is -0.366 e. The molecule has 1 amide bonds. The highest BCUT2D eigenvalue weighted by Gasteiger charge is 2.06. The van der Waals surface area contributed by atoms with E-state index in [-0.39, 0.29) is 5.91 Å². The molecule has 0 bridgehead atoms. The highest BCUT2D eigenvalue weighted by molar-refractivity contribution is 6.30. The molecule has 0 saturated carbocycles. The third-order valence-electron chi connectivity index (χ3n) is 3.95. The van der Waals surface area contributed by atoms with Crippen molar-refractivity contribution in [2.75, 3.05) is 11.9 Å². The van der Waals surface area contributed by atoms with E-state index >= 15 is 0 Å². The van der Waals surface area contributed by atoms with E-state index in [2.05, 4.69) is 27.8 Å². The molecular weight excluding hydrogens is 346 g/mol. The van der Waals surface area contributed by atoms with Crippen LogP contribution >= 0.6 is 11.6 Å². The summed E-state index contributed by atoms with van der Waals surface area (Å²) in [5, 5.41) is 6.86. The summed E-state index contributed by atoms with van der Waals surface area (Å²) in [4.78, 5) is 16.5. The molecule has 132 valence electrons. The molecular formula is C21H20ClN3O. The fourth-order valence-electron chi connectivity index (χ4n) is 2.49. The summed E-state index contributed by atoms with van der Waals surface area (Å²) in [7, 11) is 0. The van der Waals surface area contributed by atoms with E-state index in [1.54, 1.807) is 12.3 Å². The quantitative estimate of drug-likeness (QED) is 0.655. The van der Waals surface area contributed by atoms with Crippen molar-refractivity contribution in [2.24, 2.45) is 0 Å². The van der Waals surface area contributed by atoms with E-state index in [4.69, 9.17) is 11.6 Å². The van der Waals surface area contributed by atoms with E-state index in [1.807, 2.05) is 48.5 Å². The van der Waals surface area contributed by atoms with Crippen LogP contribution in [-0.4, -0.2) is 17.4 Å². The molecule has 0 atom stereocenters. The Hall–Kier alpha value is -2.85. The maximum Gasteiger partial charge on any atom is 0.252 e. The summed E-state index contributed by atoms with van der Waals surface area (Å²) in [5.74, 6) is 0.610. The van der Waals surface area contributed by atoms with Gasteiger partial charge in [-0.2, -0.15) is 0 Å². The minimum atomic E-state index is -0.113. The largest absolute Gasteiger partial charge is 0.366 e. The van der Waals surface area contributed by atoms with Gasteiger partial charge in [-0.25, -0.2) is 4.98 Å². The lowest BCUT2D eigenvalue weighted by Crippen LogP contribution is -2.25. The Kier molecular flexibility index (Phi) is 6.23. The van der Waals surface area contributed by atoms with Gasteiger partial charge >= 0.3 is 0 Å². The van der Waals surface area contributed by atoms with E-state index < -0.39 is 0 Å². The standard InChI is InChI=1S/C21H20ClN3O/c22-19-9-6-17(7-10-19)14-24-20-11-8-18(15-25-20)21(26)23-13-12-16-4-2-1-3-5-16/h1-11,15H,12-14H2,(H,23,26)(H,24,25). The molecule has 1 heterocycles. The Morgan fingerprint density at radius 3 is 2.38 bits per heavy atom. The van der Waals surface area contributed by atoms with Crippen molar-refractivity contribution >= 4 is 23.3 Å². The molecule has 0 aliphatic rings. The predicted molar refractivity (Wildman–Crippen MR) is 105 cm³/mol. The van der Waals surface area contributed by atoms with Gasteiger partial charge in [0.15, 0.2) is 0 Å². The summed E-state index contributed by atoms with van der Waals surface area (Å²) in [5.41, 5.74) is 2.86. The Morgan fingerprint density at radius 2 is 1.69 bits per heavy atom. The molecule has 3 rings (SSSR count). The van der Waals surface area contributed by atoms with Gasteiger partial charge in [0.2, 0.25) is 0 Å². The number of halogens is 1. The first-order valence-electron chi connectivity index (χ1n) is 8.47. The molecule has 0 saturated heterocycles. The van der Waals surface area contributed by atoms with Crippen LogP contribution in [0.2, 0.25) is 5.02 Å². The predicted octanol–water partition coefficient (Wildman–Crippen LogP) is 4.32. The van der Waals surface area contributed by atoms with Crippen LogP contribution in [0.5, 0.6) is 0 Å². The van der Waals surface area contributed by atoms with Gasteiger partial charge in [-0.3, -0.25) is 4.79 Å². The Labute approximate surface area is 158 Å². The molecule has 0 aliphatic heterocycles. The molecule has 4 nitrogen and oxygen atoms in total. The van der Waals surface area contributed by atoms with Gasteiger partial charge in [-0.15, -0.1) is 0 Å². The second-order valence-electron chi connectivity index (χ2n) is 5.90. The lowest BCUT2D eigenvalue weighted by Gasteiger charge is -2.08. The zero-order valence-corrected chi connectivity index (χ0v) is 15.0. The Morgan fingerprint density at radius 1 is 0.923 bits per heavy atom. The second-order valence-corrected chi connectivity index (χ2v) is 6.34. The van der Waals surface area contributed by atoms with Gasteiger partial charge in [-0.05, 0) is 41.8 Å². The molecule has 5 heteroatoms. The van der Waals surface area contributed by atoms with Crippen LogP contribution in [0.25, 0.3) is 0 Å². The van der Waals surface area contributed by atoms with Crippen molar-refractivity contribution in [3.05, 3.63) is 94.6 Å². The molecule has 0 aliphatic carbocycles. The molecule has 0 radical (unpaired) electrons. The summed E-state index contributed by atoms with van der Waals surface area (Å²) in [6, 6.07) is 21.3. The maximum atomic E-state index is 12.2. The maximum absolute atomic E-state index is 12.2. The smallest absolute Gasteiger partial charge is 0.252 e. The summed E-state index contributed by atoms with van der Waals surface area (Å²) in [6.45, 7) is 1.24. The zero-order chi connectivity index (χ0) is 18.2. The fourth-order valence-corrected chi connectivity index (χ4v) is 2.62. The van der Waals surface area contributed by atoms with E-state index in [0.29, 0.717) is 18.7 Å². The van der Waals surface area contributed by atoms with Gasteiger partial charge < -0.3 is 10.6 Å². The third kappa shape index (κ3) is 5.33. The number of anilines is 1. The molecule has 3 aromatic rings. The monoisotopic (exact) mass is 365 g/mol. The number of hydrogen-bond acceptors (Lipinski definition) is 3. The molecule has 1 aromatic heterocycles. The normalized spacial score (nSPS) is 10.3. The molecule has 0 fully saturated rings. The van der Waals surface area contributed by atoms with Crippen LogP contribution in [0.1, 0.15) is 21.5 Å². The van der Waals surface area contributed by atoms with Gasteiger partial charge in [-0.1, -0.05) is 54.1 Å². The lowest BCUT2D eigenvalue weighted by atomic mass is 10.1. The summed E-state index contributed by atoms with van der Waals surface area (Å²) >= 11 is 5.88. The summed E-state index contributed by atoms with van der Waals surface area (Å²) < 4.78 is 0. The molecule has 2 aromatic carbocycles. The number of rotatable bonds is 7. The van der Waals surface area contributed by atoms with Crippen LogP contribution in [0.4, 0.5) is 5.82 Å². The van der Waals surface area contributed by atoms with Crippen molar-refractivity contribution in [2.45, 2.75) is 13.0 Å². The average Bonchev–Trinajstić information content (AvgIpc) is 2.69. The minimum absolute atomic E-state index is 0.113. The number of benzene rings is 2. The number of carbonyl (C=O) groups excluding carboxylic acids is 1. The highest BCUT2D eigenvalue weighted by Crippen LogP contribution is 2.12. The number of aromatic nitrogens is 1. The van der Waals surface area contributed by atoms with Crippen LogP contribution < -0.4 is 10.6 Å². The van der Waals surface area contributed by atoms with E-state index in [9.17, 15) is 4.79 Å². The van der Waals surface area contributed by atoms with E-state index in [1.165, 1.54) is 5.56 Å². The second kappa shape index (κ2) is 9.02. The number of nitrogens with one attached hydrogen (secondary N) is 2.